The Balaban J connectivity index is 1.50. The Morgan fingerprint density at radius 3 is 2.73 bits per heavy atom. The highest BCUT2D eigenvalue weighted by atomic mass is 32.2. The molecule has 4 rings (SSSR count). The number of H-pyrrole nitrogens is 1. The first-order valence-electron chi connectivity index (χ1n) is 8.17. The molecule has 3 N–H and O–H groups in total. The van der Waals surface area contributed by atoms with Crippen LogP contribution < -0.4 is 10.6 Å². The van der Waals surface area contributed by atoms with Crippen LogP contribution in [0, 0.1) is 0 Å². The lowest BCUT2D eigenvalue weighted by molar-refractivity contribution is -0.115. The predicted octanol–water partition coefficient (Wildman–Crippen LogP) is 3.76. The van der Waals surface area contributed by atoms with E-state index in [4.69, 9.17) is 0 Å². The number of carbonyl (C=O) groups excluding carboxylic acids is 2. The van der Waals surface area contributed by atoms with E-state index in [9.17, 15) is 9.59 Å². The van der Waals surface area contributed by atoms with Crippen molar-refractivity contribution in [2.75, 3.05) is 16.4 Å². The lowest BCUT2D eigenvalue weighted by Crippen LogP contribution is -2.14. The summed E-state index contributed by atoms with van der Waals surface area (Å²) < 4.78 is 0. The highest BCUT2D eigenvalue weighted by Gasteiger charge is 2.16. The fourth-order valence-corrected chi connectivity index (χ4v) is 3.65. The molecule has 0 bridgehead atoms. The number of benzene rings is 2. The van der Waals surface area contributed by atoms with Gasteiger partial charge in [-0.15, -0.1) is 11.8 Å². The van der Waals surface area contributed by atoms with Gasteiger partial charge in [0, 0.05) is 34.5 Å². The minimum atomic E-state index is -0.217. The van der Waals surface area contributed by atoms with E-state index in [-0.39, 0.29) is 11.8 Å². The quantitative estimate of drug-likeness (QED) is 0.660. The van der Waals surface area contributed by atoms with Gasteiger partial charge in [-0.25, -0.2) is 0 Å². The third-order valence-electron chi connectivity index (χ3n) is 4.06. The molecule has 1 aliphatic heterocycles. The molecule has 0 fully saturated rings. The summed E-state index contributed by atoms with van der Waals surface area (Å²) in [6.45, 7) is 0. The first-order valence-corrected chi connectivity index (χ1v) is 9.15. The van der Waals surface area contributed by atoms with Crippen LogP contribution in [0.4, 0.5) is 11.4 Å². The van der Waals surface area contributed by atoms with Crippen LogP contribution >= 0.6 is 11.8 Å². The largest absolute Gasteiger partial charge is 0.325 e. The molecule has 2 aromatic carbocycles. The first-order chi connectivity index (χ1) is 12.7. The maximum Gasteiger partial charge on any atom is 0.255 e. The number of hydrogen-bond donors (Lipinski definition) is 3. The second-order valence-corrected chi connectivity index (χ2v) is 7.00. The van der Waals surface area contributed by atoms with E-state index < -0.39 is 0 Å². The molecule has 26 heavy (non-hydrogen) atoms. The van der Waals surface area contributed by atoms with Crippen LogP contribution in [0.1, 0.15) is 16.8 Å². The number of nitrogens with zero attached hydrogens (tertiary/aromatic N) is 1. The zero-order chi connectivity index (χ0) is 17.9. The third-order valence-corrected chi connectivity index (χ3v) is 5.13. The third kappa shape index (κ3) is 3.48. The summed E-state index contributed by atoms with van der Waals surface area (Å²) in [6.07, 6.45) is 2.17. The molecular formula is C19H16N4O2S. The Morgan fingerprint density at radius 1 is 1.12 bits per heavy atom. The van der Waals surface area contributed by atoms with Crippen molar-refractivity contribution in [1.29, 1.82) is 0 Å². The normalized spacial score (nSPS) is 13.5. The van der Waals surface area contributed by atoms with Crippen LogP contribution in [-0.4, -0.2) is 27.8 Å². The molecule has 0 radical (unpaired) electrons. The van der Waals surface area contributed by atoms with Crippen molar-refractivity contribution in [2.24, 2.45) is 0 Å². The monoisotopic (exact) mass is 364 g/mol. The van der Waals surface area contributed by atoms with E-state index in [1.54, 1.807) is 30.1 Å². The molecule has 1 aliphatic rings. The number of hydrogen-bond acceptors (Lipinski definition) is 4. The van der Waals surface area contributed by atoms with Gasteiger partial charge in [-0.05, 0) is 42.0 Å². The van der Waals surface area contributed by atoms with Gasteiger partial charge in [0.1, 0.15) is 0 Å². The summed E-state index contributed by atoms with van der Waals surface area (Å²) in [5.74, 6) is 0.501. The maximum atomic E-state index is 12.5. The molecule has 6 nitrogen and oxygen atoms in total. The molecule has 0 unspecified atom stereocenters. The fraction of sp³-hybridized carbons (Fsp3) is 0.105. The second-order valence-electron chi connectivity index (χ2n) is 5.86. The van der Waals surface area contributed by atoms with Crippen LogP contribution in [-0.2, 0) is 4.79 Å². The van der Waals surface area contributed by atoms with Crippen molar-refractivity contribution in [3.8, 4) is 11.3 Å². The van der Waals surface area contributed by atoms with Crippen LogP contribution in [0.25, 0.3) is 11.3 Å². The Bertz CT molecular complexity index is 952. The molecule has 7 heteroatoms. The van der Waals surface area contributed by atoms with Crippen molar-refractivity contribution in [2.45, 2.75) is 11.3 Å². The Kier molecular flexibility index (Phi) is 4.45. The molecule has 130 valence electrons. The number of amides is 2. The first kappa shape index (κ1) is 16.4. The molecule has 0 saturated carbocycles. The molecule has 2 amide bonds. The average Bonchev–Trinajstić information content (AvgIpc) is 3.11. The molecule has 3 aromatic rings. The van der Waals surface area contributed by atoms with Crippen LogP contribution in [0.3, 0.4) is 0 Å². The van der Waals surface area contributed by atoms with Crippen LogP contribution in [0.2, 0.25) is 0 Å². The van der Waals surface area contributed by atoms with Gasteiger partial charge in [0.25, 0.3) is 5.91 Å². The van der Waals surface area contributed by atoms with E-state index in [2.05, 4.69) is 20.8 Å². The number of anilines is 2. The maximum absolute atomic E-state index is 12.5. The van der Waals surface area contributed by atoms with Crippen LogP contribution in [0.5, 0.6) is 0 Å². The van der Waals surface area contributed by atoms with E-state index in [0.29, 0.717) is 23.4 Å². The summed E-state index contributed by atoms with van der Waals surface area (Å²) in [7, 11) is 0. The molecule has 0 atom stereocenters. The number of carbonyl (C=O) groups is 2. The smallest absolute Gasteiger partial charge is 0.255 e. The summed E-state index contributed by atoms with van der Waals surface area (Å²) >= 11 is 1.61. The average molecular weight is 364 g/mol. The lowest BCUT2D eigenvalue weighted by atomic mass is 10.1. The Hall–Kier alpha value is -3.06. The molecule has 2 heterocycles. The van der Waals surface area contributed by atoms with Gasteiger partial charge in [0.15, 0.2) is 0 Å². The highest BCUT2D eigenvalue weighted by molar-refractivity contribution is 7.99. The van der Waals surface area contributed by atoms with Crippen molar-refractivity contribution in [3.05, 3.63) is 60.3 Å². The van der Waals surface area contributed by atoms with Crippen molar-refractivity contribution < 1.29 is 9.59 Å². The van der Waals surface area contributed by atoms with Gasteiger partial charge >= 0.3 is 0 Å². The van der Waals surface area contributed by atoms with Gasteiger partial charge in [-0.3, -0.25) is 14.7 Å². The number of nitrogens with one attached hydrogen (secondary N) is 3. The molecular weight excluding hydrogens is 348 g/mol. The summed E-state index contributed by atoms with van der Waals surface area (Å²) in [6, 6.07) is 14.8. The Labute approximate surface area is 154 Å². The van der Waals surface area contributed by atoms with E-state index in [0.717, 1.165) is 21.9 Å². The zero-order valence-electron chi connectivity index (χ0n) is 13.8. The number of aromatic nitrogens is 2. The van der Waals surface area contributed by atoms with Gasteiger partial charge in [0.05, 0.1) is 11.4 Å². The zero-order valence-corrected chi connectivity index (χ0v) is 14.6. The van der Waals surface area contributed by atoms with Gasteiger partial charge in [0.2, 0.25) is 5.91 Å². The summed E-state index contributed by atoms with van der Waals surface area (Å²) in [5.41, 5.74) is 3.81. The van der Waals surface area contributed by atoms with E-state index in [1.165, 1.54) is 0 Å². The molecule has 0 aliphatic carbocycles. The lowest BCUT2D eigenvalue weighted by Gasteiger charge is -2.10. The molecule has 1 aromatic heterocycles. The van der Waals surface area contributed by atoms with Crippen LogP contribution in [0.15, 0.2) is 59.6 Å². The second kappa shape index (κ2) is 7.05. The van der Waals surface area contributed by atoms with Gasteiger partial charge in [-0.2, -0.15) is 5.10 Å². The van der Waals surface area contributed by atoms with Crippen molar-refractivity contribution in [1.82, 2.24) is 10.2 Å². The number of rotatable bonds is 3. The Morgan fingerprint density at radius 2 is 1.96 bits per heavy atom. The predicted molar refractivity (Wildman–Crippen MR) is 102 cm³/mol. The minimum absolute atomic E-state index is 0.0248. The fourth-order valence-electron chi connectivity index (χ4n) is 2.71. The SMILES string of the molecule is O=C1CCSc2ccc(C(=O)Nc3ccc(-c4ccn[nH]4)cc3)cc2N1. The van der Waals surface area contributed by atoms with E-state index >= 15 is 0 Å². The number of aromatic amines is 1. The summed E-state index contributed by atoms with van der Waals surface area (Å²) in [5, 5.41) is 12.6. The molecule has 0 spiro atoms. The van der Waals surface area contributed by atoms with E-state index in [1.807, 2.05) is 36.4 Å². The molecule has 0 saturated heterocycles. The minimum Gasteiger partial charge on any atom is -0.325 e. The van der Waals surface area contributed by atoms with Gasteiger partial charge in [-0.1, -0.05) is 12.1 Å². The standard InChI is InChI=1S/C19H16N4O2S/c24-18-8-10-26-17-6-3-13(11-16(17)22-18)19(25)21-14-4-1-12(2-5-14)15-7-9-20-23-15/h1-7,9,11H,8,10H2,(H,20,23)(H,21,25)(H,22,24). The summed E-state index contributed by atoms with van der Waals surface area (Å²) in [4.78, 5) is 25.2. The number of fused-ring (bicyclic) bond motifs is 1. The number of thioether (sulfide) groups is 1. The van der Waals surface area contributed by atoms with Crippen molar-refractivity contribution >= 4 is 35.0 Å². The van der Waals surface area contributed by atoms with Crippen molar-refractivity contribution in [3.63, 3.8) is 0 Å². The topological polar surface area (TPSA) is 86.9 Å². The van der Waals surface area contributed by atoms with Gasteiger partial charge < -0.3 is 10.6 Å². The highest BCUT2D eigenvalue weighted by Crippen LogP contribution is 2.31.